The van der Waals surface area contributed by atoms with Crippen molar-refractivity contribution in [1.29, 1.82) is 5.26 Å². The third-order valence-electron chi connectivity index (χ3n) is 5.82. The summed E-state index contributed by atoms with van der Waals surface area (Å²) in [6, 6.07) is 5.76. The van der Waals surface area contributed by atoms with Crippen molar-refractivity contribution in [2.24, 2.45) is 0 Å². The number of anilines is 3. The lowest BCUT2D eigenvalue weighted by Gasteiger charge is -2.16. The molecule has 5 N–H and O–H groups in total. The van der Waals surface area contributed by atoms with E-state index in [-0.39, 0.29) is 27.8 Å². The van der Waals surface area contributed by atoms with Gasteiger partial charge in [-0.3, -0.25) is 14.6 Å². The second-order valence-electron chi connectivity index (χ2n) is 8.03. The molecule has 1 aromatic carbocycles. The molecule has 0 saturated heterocycles. The van der Waals surface area contributed by atoms with Crippen molar-refractivity contribution in [3.8, 4) is 34.4 Å². The first-order valence-corrected chi connectivity index (χ1v) is 11.6. The van der Waals surface area contributed by atoms with Crippen molar-refractivity contribution in [3.63, 3.8) is 0 Å². The van der Waals surface area contributed by atoms with E-state index in [4.69, 9.17) is 30.2 Å². The quantitative estimate of drug-likeness (QED) is 0.315. The Morgan fingerprint density at radius 1 is 1.22 bits per heavy atom. The predicted octanol–water partition coefficient (Wildman–Crippen LogP) is 2.89. The number of rotatable bonds is 7. The predicted molar refractivity (Wildman–Crippen MR) is 131 cm³/mol. The highest BCUT2D eigenvalue weighted by molar-refractivity contribution is 7.21. The molecule has 3 heterocycles. The van der Waals surface area contributed by atoms with Crippen LogP contribution >= 0.6 is 11.3 Å². The first-order chi connectivity index (χ1) is 17.4. The number of nitrogens with zero attached hydrogens (tertiary/aromatic N) is 4. The summed E-state index contributed by atoms with van der Waals surface area (Å²) in [4.78, 5) is 18.0. The van der Waals surface area contributed by atoms with Gasteiger partial charge in [-0.05, 0) is 22.4 Å². The van der Waals surface area contributed by atoms with Crippen LogP contribution in [-0.2, 0) is 0 Å². The molecule has 0 bridgehead atoms. The lowest BCUT2D eigenvalue weighted by Crippen LogP contribution is -2.32. The average Bonchev–Trinajstić information content (AvgIpc) is 3.54. The van der Waals surface area contributed by atoms with Crippen LogP contribution in [-0.4, -0.2) is 37.5 Å². The number of amides is 1. The molecule has 0 atom stereocenters. The molecule has 36 heavy (non-hydrogen) atoms. The van der Waals surface area contributed by atoms with Crippen LogP contribution in [0.4, 0.5) is 17.4 Å². The van der Waals surface area contributed by atoms with E-state index < -0.39 is 5.91 Å². The third-order valence-corrected chi connectivity index (χ3v) is 6.92. The number of pyridine rings is 1. The highest BCUT2D eigenvalue weighted by atomic mass is 32.1. The normalized spacial score (nSPS) is 12.8. The third kappa shape index (κ3) is 3.77. The Hall–Kier alpha value is -4.57. The van der Waals surface area contributed by atoms with Crippen molar-refractivity contribution in [3.05, 3.63) is 28.8 Å². The Labute approximate surface area is 208 Å². The SMILES string of the molecule is COc1cc(-c2c(C#N)c(N)nc3sc(C(=O)Nc4c[n+](C5CC5)no4)c(N)c23)cc(OC)c1OC. The maximum Gasteiger partial charge on any atom is 0.302 e. The van der Waals surface area contributed by atoms with Gasteiger partial charge < -0.3 is 25.7 Å². The van der Waals surface area contributed by atoms with E-state index in [1.54, 1.807) is 23.0 Å². The first-order valence-electron chi connectivity index (χ1n) is 10.8. The fourth-order valence-corrected chi connectivity index (χ4v) is 4.97. The van der Waals surface area contributed by atoms with Crippen LogP contribution in [0.5, 0.6) is 17.2 Å². The zero-order valence-electron chi connectivity index (χ0n) is 19.6. The molecular weight excluding hydrogens is 486 g/mol. The summed E-state index contributed by atoms with van der Waals surface area (Å²) < 4.78 is 23.3. The standard InChI is InChI=1S/C23H21N7O5S/c1-32-13-6-10(7-14(33-2)19(13)34-3)16-12(8-24)21(26)28-23-17(16)18(25)20(36-23)22(31)27-15-9-30(29-35-15)11-4-5-11/h6-7,9,11H,4-5H2,1-3H3,(H4-,25,26,27,28,29,31)/p+1. The largest absolute Gasteiger partial charge is 0.493 e. The molecule has 0 spiro atoms. The molecule has 5 rings (SSSR count). The first kappa shape index (κ1) is 23.2. The molecule has 0 unspecified atom stereocenters. The number of aromatic nitrogens is 3. The van der Waals surface area contributed by atoms with Crippen LogP contribution in [0, 0.1) is 11.3 Å². The van der Waals surface area contributed by atoms with Crippen LogP contribution in [0.25, 0.3) is 21.3 Å². The molecule has 1 fully saturated rings. The maximum atomic E-state index is 13.1. The van der Waals surface area contributed by atoms with Gasteiger partial charge in [0, 0.05) is 23.8 Å². The number of fused-ring (bicyclic) bond motifs is 1. The second-order valence-corrected chi connectivity index (χ2v) is 9.03. The minimum Gasteiger partial charge on any atom is -0.493 e. The van der Waals surface area contributed by atoms with E-state index in [1.807, 2.05) is 0 Å². The number of nitrogens with two attached hydrogens (primary N) is 2. The lowest BCUT2D eigenvalue weighted by molar-refractivity contribution is -0.765. The van der Waals surface area contributed by atoms with Crippen molar-refractivity contribution in [1.82, 2.24) is 10.3 Å². The Balaban J connectivity index is 1.66. The van der Waals surface area contributed by atoms with Crippen molar-refractivity contribution in [2.45, 2.75) is 18.9 Å². The molecular formula is C23H22N7O5S+. The van der Waals surface area contributed by atoms with E-state index in [0.29, 0.717) is 44.6 Å². The van der Waals surface area contributed by atoms with Gasteiger partial charge in [0.1, 0.15) is 27.2 Å². The monoisotopic (exact) mass is 508 g/mol. The lowest BCUT2D eigenvalue weighted by atomic mass is 9.96. The maximum absolute atomic E-state index is 13.1. The molecule has 1 saturated carbocycles. The number of methoxy groups -OCH3 is 3. The fraction of sp³-hybridized carbons (Fsp3) is 0.261. The van der Waals surface area contributed by atoms with Crippen molar-refractivity contribution >= 4 is 44.9 Å². The van der Waals surface area contributed by atoms with Crippen LogP contribution in [0.2, 0.25) is 0 Å². The van der Waals surface area contributed by atoms with Gasteiger partial charge in [0.25, 0.3) is 12.1 Å². The smallest absolute Gasteiger partial charge is 0.302 e. The van der Waals surface area contributed by atoms with Crippen molar-refractivity contribution < 1.29 is 28.2 Å². The van der Waals surface area contributed by atoms with Gasteiger partial charge in [-0.1, -0.05) is 0 Å². The molecule has 1 amide bonds. The summed E-state index contributed by atoms with van der Waals surface area (Å²) in [6.45, 7) is 0. The number of nitriles is 1. The summed E-state index contributed by atoms with van der Waals surface area (Å²) >= 11 is 1.05. The molecule has 12 nitrogen and oxygen atoms in total. The topological polar surface area (TPSA) is 175 Å². The number of nitrogen functional groups attached to an aromatic ring is 2. The van der Waals surface area contributed by atoms with Crippen LogP contribution in [0.3, 0.4) is 0 Å². The Bertz CT molecular complexity index is 1530. The van der Waals surface area contributed by atoms with Gasteiger partial charge >= 0.3 is 5.88 Å². The number of hydrogen-bond donors (Lipinski definition) is 3. The molecule has 3 aromatic heterocycles. The zero-order valence-corrected chi connectivity index (χ0v) is 20.4. The highest BCUT2D eigenvalue weighted by Crippen LogP contribution is 2.47. The van der Waals surface area contributed by atoms with E-state index in [2.05, 4.69) is 21.6 Å². The van der Waals surface area contributed by atoms with Crippen LogP contribution in [0.1, 0.15) is 34.1 Å². The number of hydrogen-bond acceptors (Lipinski definition) is 11. The highest BCUT2D eigenvalue weighted by Gasteiger charge is 2.36. The molecule has 1 aliphatic carbocycles. The van der Waals surface area contributed by atoms with Gasteiger partial charge in [-0.2, -0.15) is 5.26 Å². The Kier molecular flexibility index (Phi) is 5.73. The zero-order chi connectivity index (χ0) is 25.6. The summed E-state index contributed by atoms with van der Waals surface area (Å²) in [5.74, 6) is 0.832. The Morgan fingerprint density at radius 3 is 2.50 bits per heavy atom. The number of benzene rings is 1. The minimum atomic E-state index is -0.498. The second kappa shape index (κ2) is 8.90. The van der Waals surface area contributed by atoms with E-state index >= 15 is 0 Å². The molecule has 0 aliphatic heterocycles. The van der Waals surface area contributed by atoms with Crippen LogP contribution in [0.15, 0.2) is 22.9 Å². The Morgan fingerprint density at radius 2 is 1.92 bits per heavy atom. The molecule has 184 valence electrons. The van der Waals surface area contributed by atoms with E-state index in [1.165, 1.54) is 21.3 Å². The van der Waals surface area contributed by atoms with Gasteiger partial charge in [-0.25, -0.2) is 4.98 Å². The number of carbonyl (C=O) groups excluding carboxylic acids is 1. The summed E-state index contributed by atoms with van der Waals surface area (Å²) in [7, 11) is 4.47. The summed E-state index contributed by atoms with van der Waals surface area (Å²) in [5, 5.41) is 16.9. The van der Waals surface area contributed by atoms with Gasteiger partial charge in [0.15, 0.2) is 17.5 Å². The molecule has 4 aromatic rings. The number of nitrogens with one attached hydrogen (secondary N) is 1. The summed E-state index contributed by atoms with van der Waals surface area (Å²) in [6.07, 6.45) is 3.67. The minimum absolute atomic E-state index is 0.00247. The van der Waals surface area contributed by atoms with Crippen LogP contribution < -0.4 is 35.7 Å². The van der Waals surface area contributed by atoms with E-state index in [9.17, 15) is 10.1 Å². The fourth-order valence-electron chi connectivity index (χ4n) is 3.96. The van der Waals surface area contributed by atoms with Gasteiger partial charge in [-0.15, -0.1) is 11.3 Å². The van der Waals surface area contributed by atoms with Gasteiger partial charge in [0.2, 0.25) is 11.0 Å². The summed E-state index contributed by atoms with van der Waals surface area (Å²) in [5.41, 5.74) is 13.8. The molecule has 1 aliphatic rings. The number of carbonyl (C=O) groups is 1. The van der Waals surface area contributed by atoms with Crippen molar-refractivity contribution in [2.75, 3.05) is 38.1 Å². The van der Waals surface area contributed by atoms with E-state index in [0.717, 1.165) is 24.2 Å². The number of ether oxygens (including phenoxy) is 3. The number of thiophene rings is 1. The van der Waals surface area contributed by atoms with Gasteiger partial charge in [0.05, 0.1) is 27.0 Å². The molecule has 0 radical (unpaired) electrons. The molecule has 13 heteroatoms. The average molecular weight is 509 g/mol.